The zero-order chi connectivity index (χ0) is 34.2. The van der Waals surface area contributed by atoms with Gasteiger partial charge in [-0.2, -0.15) is 0 Å². The Morgan fingerprint density at radius 1 is 0.423 bits per heavy atom. The SMILES string of the molecule is c1ccc(N(c2cccc3c2sc2cccc(C4(c5ccccc5)c5ccccc5-c5ccccc54)c23)c2cccc3oc4ccccc4c23)cc1. The first kappa shape index (κ1) is 29.3. The van der Waals surface area contributed by atoms with Crippen LogP contribution in [0, 0.1) is 0 Å². The van der Waals surface area contributed by atoms with E-state index in [-0.39, 0.29) is 0 Å². The minimum Gasteiger partial charge on any atom is -0.456 e. The topological polar surface area (TPSA) is 16.4 Å². The molecule has 1 aliphatic carbocycles. The van der Waals surface area contributed by atoms with Gasteiger partial charge in [0.1, 0.15) is 11.2 Å². The summed E-state index contributed by atoms with van der Waals surface area (Å²) in [5, 5.41) is 4.79. The average molecular weight is 682 g/mol. The molecule has 0 fully saturated rings. The van der Waals surface area contributed by atoms with E-state index in [1.807, 2.05) is 17.4 Å². The average Bonchev–Trinajstić information content (AvgIpc) is 3.88. The van der Waals surface area contributed by atoms with E-state index in [4.69, 9.17) is 4.42 Å². The zero-order valence-electron chi connectivity index (χ0n) is 28.2. The number of hydrogen-bond donors (Lipinski definition) is 0. The van der Waals surface area contributed by atoms with Crippen LogP contribution in [-0.4, -0.2) is 0 Å². The molecule has 0 saturated carbocycles. The number of thiophene rings is 1. The Morgan fingerprint density at radius 2 is 1.00 bits per heavy atom. The summed E-state index contributed by atoms with van der Waals surface area (Å²) in [4.78, 5) is 2.43. The highest BCUT2D eigenvalue weighted by Crippen LogP contribution is 2.59. The molecular formula is C49H31NOS. The van der Waals surface area contributed by atoms with Gasteiger partial charge in [-0.25, -0.2) is 0 Å². The van der Waals surface area contributed by atoms with E-state index < -0.39 is 5.41 Å². The molecule has 10 aromatic rings. The van der Waals surface area contributed by atoms with Gasteiger partial charge in [0.05, 0.1) is 26.9 Å². The summed E-state index contributed by atoms with van der Waals surface area (Å²) in [5.74, 6) is 0. The third kappa shape index (κ3) is 4.00. The molecule has 2 aromatic heterocycles. The maximum absolute atomic E-state index is 6.41. The van der Waals surface area contributed by atoms with Gasteiger partial charge in [-0.1, -0.05) is 146 Å². The van der Waals surface area contributed by atoms with Crippen molar-refractivity contribution in [3.8, 4) is 11.1 Å². The van der Waals surface area contributed by atoms with Crippen molar-refractivity contribution in [3.63, 3.8) is 0 Å². The van der Waals surface area contributed by atoms with E-state index in [0.29, 0.717) is 0 Å². The molecule has 0 amide bonds. The van der Waals surface area contributed by atoms with E-state index in [2.05, 4.69) is 187 Å². The lowest BCUT2D eigenvalue weighted by molar-refractivity contribution is 0.669. The first-order valence-corrected chi connectivity index (χ1v) is 18.6. The van der Waals surface area contributed by atoms with Gasteiger partial charge < -0.3 is 9.32 Å². The van der Waals surface area contributed by atoms with Crippen LogP contribution in [0.15, 0.2) is 192 Å². The number of rotatable bonds is 5. The maximum Gasteiger partial charge on any atom is 0.137 e. The Balaban J connectivity index is 1.24. The number of fused-ring (bicyclic) bond motifs is 9. The monoisotopic (exact) mass is 681 g/mol. The molecule has 244 valence electrons. The van der Waals surface area contributed by atoms with Crippen molar-refractivity contribution in [2.75, 3.05) is 4.90 Å². The van der Waals surface area contributed by atoms with Crippen LogP contribution in [0.2, 0.25) is 0 Å². The van der Waals surface area contributed by atoms with Crippen LogP contribution in [0.4, 0.5) is 17.1 Å². The molecule has 2 nitrogen and oxygen atoms in total. The predicted octanol–water partition coefficient (Wildman–Crippen LogP) is 13.8. The minimum atomic E-state index is -0.488. The normalized spacial score (nSPS) is 13.2. The molecule has 0 spiro atoms. The lowest BCUT2D eigenvalue weighted by atomic mass is 9.66. The Bertz CT molecular complexity index is 2930. The predicted molar refractivity (Wildman–Crippen MR) is 219 cm³/mol. The summed E-state index contributed by atoms with van der Waals surface area (Å²) in [6.07, 6.45) is 0. The highest BCUT2D eigenvalue weighted by molar-refractivity contribution is 7.26. The van der Waals surface area contributed by atoms with E-state index in [0.717, 1.165) is 39.0 Å². The highest BCUT2D eigenvalue weighted by atomic mass is 32.1. The summed E-state index contributed by atoms with van der Waals surface area (Å²) in [6, 6.07) is 68.4. The number of benzene rings is 8. The molecule has 0 bridgehead atoms. The number of anilines is 3. The first-order valence-electron chi connectivity index (χ1n) is 17.8. The van der Waals surface area contributed by atoms with E-state index >= 15 is 0 Å². The van der Waals surface area contributed by atoms with Crippen LogP contribution in [-0.2, 0) is 5.41 Å². The van der Waals surface area contributed by atoms with Crippen LogP contribution >= 0.6 is 11.3 Å². The summed E-state index contributed by atoms with van der Waals surface area (Å²) in [5.41, 5.74) is 12.5. The molecule has 11 rings (SSSR count). The van der Waals surface area contributed by atoms with Gasteiger partial charge in [0, 0.05) is 26.5 Å². The van der Waals surface area contributed by atoms with Crippen molar-refractivity contribution in [3.05, 3.63) is 210 Å². The summed E-state index contributed by atoms with van der Waals surface area (Å²) >= 11 is 1.88. The van der Waals surface area contributed by atoms with Crippen LogP contribution in [0.3, 0.4) is 0 Å². The number of nitrogens with zero attached hydrogens (tertiary/aromatic N) is 1. The van der Waals surface area contributed by atoms with Crippen molar-refractivity contribution in [2.45, 2.75) is 5.41 Å². The van der Waals surface area contributed by atoms with Gasteiger partial charge >= 0.3 is 0 Å². The maximum atomic E-state index is 6.41. The molecular weight excluding hydrogens is 651 g/mol. The number of furan rings is 1. The molecule has 0 atom stereocenters. The third-order valence-corrected chi connectivity index (χ3v) is 12.1. The van der Waals surface area contributed by atoms with Crippen molar-refractivity contribution >= 4 is 70.5 Å². The van der Waals surface area contributed by atoms with Crippen LogP contribution < -0.4 is 4.90 Å². The summed E-state index contributed by atoms with van der Waals surface area (Å²) in [7, 11) is 0. The van der Waals surface area contributed by atoms with Crippen LogP contribution in [0.25, 0.3) is 53.2 Å². The zero-order valence-corrected chi connectivity index (χ0v) is 29.0. The Kier molecular flexibility index (Phi) is 6.37. The van der Waals surface area contributed by atoms with Crippen molar-refractivity contribution in [2.24, 2.45) is 0 Å². The molecule has 0 N–H and O–H groups in total. The van der Waals surface area contributed by atoms with Crippen molar-refractivity contribution in [1.82, 2.24) is 0 Å². The van der Waals surface area contributed by atoms with Gasteiger partial charge in [-0.05, 0) is 75.8 Å². The molecule has 2 heterocycles. The quantitative estimate of drug-likeness (QED) is 0.180. The van der Waals surface area contributed by atoms with Gasteiger partial charge in [-0.3, -0.25) is 0 Å². The van der Waals surface area contributed by atoms with Gasteiger partial charge in [0.2, 0.25) is 0 Å². The smallest absolute Gasteiger partial charge is 0.137 e. The second-order valence-corrected chi connectivity index (χ2v) is 14.6. The Labute approximate surface area is 305 Å². The Hall–Kier alpha value is -6.42. The molecule has 0 unspecified atom stereocenters. The Morgan fingerprint density at radius 3 is 1.79 bits per heavy atom. The second kappa shape index (κ2) is 11.3. The van der Waals surface area contributed by atoms with E-state index in [9.17, 15) is 0 Å². The molecule has 52 heavy (non-hydrogen) atoms. The molecule has 1 aliphatic rings. The molecule has 0 aliphatic heterocycles. The van der Waals surface area contributed by atoms with E-state index in [1.54, 1.807) is 0 Å². The fraction of sp³-hybridized carbons (Fsp3) is 0.0204. The van der Waals surface area contributed by atoms with Crippen LogP contribution in [0.1, 0.15) is 22.3 Å². The summed E-state index contributed by atoms with van der Waals surface area (Å²) < 4.78 is 8.94. The van der Waals surface area contributed by atoms with Crippen molar-refractivity contribution in [1.29, 1.82) is 0 Å². The third-order valence-electron chi connectivity index (χ3n) is 10.9. The standard InChI is InChI=1S/C49H31NOS/c1-3-16-32(17-4-1)49(38-24-10-7-20-34(38)35-21-8-11-25-39(35)49)40-26-14-31-45-46(40)37-23-13-28-42(48(37)52-45)50(33-18-5-2-6-19-33)41-27-15-30-44-47(41)36-22-9-12-29-43(36)51-44/h1-31H. The highest BCUT2D eigenvalue weighted by Gasteiger charge is 2.47. The lowest BCUT2D eigenvalue weighted by Crippen LogP contribution is -2.28. The fourth-order valence-corrected chi connectivity index (χ4v) is 10.2. The largest absolute Gasteiger partial charge is 0.456 e. The minimum absolute atomic E-state index is 0.488. The van der Waals surface area contributed by atoms with E-state index in [1.165, 1.54) is 53.6 Å². The lowest BCUT2D eigenvalue weighted by Gasteiger charge is -2.34. The number of hydrogen-bond acceptors (Lipinski definition) is 3. The molecule has 0 radical (unpaired) electrons. The van der Waals surface area contributed by atoms with Gasteiger partial charge in [0.15, 0.2) is 0 Å². The molecule has 0 saturated heterocycles. The second-order valence-electron chi connectivity index (χ2n) is 13.6. The first-order chi connectivity index (χ1) is 25.8. The van der Waals surface area contributed by atoms with Gasteiger partial charge in [0.25, 0.3) is 0 Å². The van der Waals surface area contributed by atoms with Crippen molar-refractivity contribution < 1.29 is 4.42 Å². The van der Waals surface area contributed by atoms with Gasteiger partial charge in [-0.15, -0.1) is 11.3 Å². The number of para-hydroxylation sites is 2. The van der Waals surface area contributed by atoms with Crippen LogP contribution in [0.5, 0.6) is 0 Å². The summed E-state index contributed by atoms with van der Waals surface area (Å²) in [6.45, 7) is 0. The molecule has 3 heteroatoms. The fourth-order valence-electron chi connectivity index (χ4n) is 8.93. The molecule has 8 aromatic carbocycles.